The zero-order valence-corrected chi connectivity index (χ0v) is 12.8. The van der Waals surface area contributed by atoms with Crippen LogP contribution in [0.3, 0.4) is 0 Å². The molecule has 118 valence electrons. The van der Waals surface area contributed by atoms with E-state index < -0.39 is 0 Å². The second kappa shape index (κ2) is 5.66. The Morgan fingerprint density at radius 2 is 1.71 bits per heavy atom. The Morgan fingerprint density at radius 1 is 1.00 bits per heavy atom. The van der Waals surface area contributed by atoms with Gasteiger partial charge in [-0.25, -0.2) is 0 Å². The molecule has 4 rings (SSSR count). The van der Waals surface area contributed by atoms with Crippen LogP contribution in [0, 0.1) is 0 Å². The fourth-order valence-electron chi connectivity index (χ4n) is 2.85. The molecule has 0 unspecified atom stereocenters. The smallest absolute Gasteiger partial charge is 0.269 e. The minimum atomic E-state index is -0.308. The van der Waals surface area contributed by atoms with Crippen LogP contribution in [0.4, 0.5) is 11.6 Å². The van der Waals surface area contributed by atoms with Gasteiger partial charge >= 0.3 is 0 Å². The van der Waals surface area contributed by atoms with Gasteiger partial charge in [0.05, 0.1) is 6.42 Å². The Kier molecular flexibility index (Phi) is 3.35. The van der Waals surface area contributed by atoms with Gasteiger partial charge in [-0.3, -0.25) is 4.79 Å². The van der Waals surface area contributed by atoms with Crippen molar-refractivity contribution in [3.8, 4) is 0 Å². The van der Waals surface area contributed by atoms with E-state index in [2.05, 4.69) is 20.2 Å². The number of amides is 1. The van der Waals surface area contributed by atoms with E-state index in [4.69, 9.17) is 5.73 Å². The summed E-state index contributed by atoms with van der Waals surface area (Å²) in [5.74, 6) is 0.705. The normalized spacial score (nSPS) is 11.7. The molecule has 4 N–H and O–H groups in total. The fraction of sp³-hybridized carbons (Fsp3) is 0.0556. The van der Waals surface area contributed by atoms with Gasteiger partial charge in [0.15, 0.2) is 5.82 Å². The lowest BCUT2D eigenvalue weighted by molar-refractivity contribution is -0.117. The molecule has 0 atom stereocenters. The summed E-state index contributed by atoms with van der Waals surface area (Å²) in [7, 11) is 0. The molecule has 4 aromatic rings. The van der Waals surface area contributed by atoms with Gasteiger partial charge in [-0.2, -0.15) is 0 Å². The predicted molar refractivity (Wildman–Crippen MR) is 94.2 cm³/mol. The SMILES string of the molecule is Nc1[nH]c(N=NC(=O)Cc2c[nH]c3ccccc23)c2ccccc12. The molecule has 6 heteroatoms. The number of H-pyrrole nitrogens is 2. The highest BCUT2D eigenvalue weighted by Crippen LogP contribution is 2.30. The van der Waals surface area contributed by atoms with Gasteiger partial charge in [-0.1, -0.05) is 42.5 Å². The Hall–Kier alpha value is -3.41. The van der Waals surface area contributed by atoms with Crippen molar-refractivity contribution in [2.24, 2.45) is 10.2 Å². The number of nitrogen functional groups attached to an aromatic ring is 1. The van der Waals surface area contributed by atoms with Crippen molar-refractivity contribution in [1.82, 2.24) is 9.97 Å². The fourth-order valence-corrected chi connectivity index (χ4v) is 2.85. The molecule has 2 aromatic carbocycles. The number of nitrogens with zero attached hydrogens (tertiary/aromatic N) is 2. The lowest BCUT2D eigenvalue weighted by Gasteiger charge is -1.94. The molecule has 6 nitrogen and oxygen atoms in total. The molecule has 0 fully saturated rings. The summed E-state index contributed by atoms with van der Waals surface area (Å²) in [5, 5.41) is 10.6. The van der Waals surface area contributed by atoms with Crippen LogP contribution < -0.4 is 5.73 Å². The van der Waals surface area contributed by atoms with Crippen LogP contribution >= 0.6 is 0 Å². The first-order valence-corrected chi connectivity index (χ1v) is 7.58. The minimum Gasteiger partial charge on any atom is -0.385 e. The number of hydrogen-bond acceptors (Lipinski definition) is 3. The number of rotatable bonds is 3. The lowest BCUT2D eigenvalue weighted by Crippen LogP contribution is -1.97. The molecule has 2 aromatic heterocycles. The number of benzene rings is 2. The Labute approximate surface area is 137 Å². The lowest BCUT2D eigenvalue weighted by atomic mass is 10.1. The average molecular weight is 317 g/mol. The highest BCUT2D eigenvalue weighted by atomic mass is 16.1. The van der Waals surface area contributed by atoms with Crippen LogP contribution in [0.5, 0.6) is 0 Å². The predicted octanol–water partition coefficient (Wildman–Crippen LogP) is 4.08. The van der Waals surface area contributed by atoms with Crippen LogP contribution in [0.1, 0.15) is 5.56 Å². The summed E-state index contributed by atoms with van der Waals surface area (Å²) in [6.45, 7) is 0. The monoisotopic (exact) mass is 317 g/mol. The average Bonchev–Trinajstić information content (AvgIpc) is 3.15. The number of nitrogens with two attached hydrogens (primary N) is 1. The molecule has 0 radical (unpaired) electrons. The maximum Gasteiger partial charge on any atom is 0.269 e. The summed E-state index contributed by atoms with van der Waals surface area (Å²) in [5.41, 5.74) is 7.82. The van der Waals surface area contributed by atoms with Crippen molar-refractivity contribution in [1.29, 1.82) is 0 Å². The van der Waals surface area contributed by atoms with E-state index in [0.29, 0.717) is 11.6 Å². The molecule has 0 aliphatic rings. The molecular formula is C18H15N5O. The summed E-state index contributed by atoms with van der Waals surface area (Å²) in [6, 6.07) is 15.4. The van der Waals surface area contributed by atoms with E-state index >= 15 is 0 Å². The van der Waals surface area contributed by atoms with Crippen molar-refractivity contribution >= 4 is 39.2 Å². The minimum absolute atomic E-state index is 0.196. The number of fused-ring (bicyclic) bond motifs is 2. The van der Waals surface area contributed by atoms with E-state index in [1.165, 1.54) is 0 Å². The number of azo groups is 1. The number of carbonyl (C=O) groups excluding carboxylic acids is 1. The Morgan fingerprint density at radius 3 is 2.54 bits per heavy atom. The van der Waals surface area contributed by atoms with Gasteiger partial charge in [0.2, 0.25) is 0 Å². The molecular weight excluding hydrogens is 302 g/mol. The number of carbonyl (C=O) groups is 1. The van der Waals surface area contributed by atoms with Crippen molar-refractivity contribution in [2.75, 3.05) is 5.73 Å². The number of hydrogen-bond donors (Lipinski definition) is 3. The van der Waals surface area contributed by atoms with Gasteiger partial charge < -0.3 is 15.7 Å². The number of para-hydroxylation sites is 1. The van der Waals surface area contributed by atoms with Crippen LogP contribution in [-0.4, -0.2) is 15.9 Å². The molecule has 0 saturated carbocycles. The third-order valence-electron chi connectivity index (χ3n) is 4.00. The van der Waals surface area contributed by atoms with Crippen LogP contribution in [0.2, 0.25) is 0 Å². The van der Waals surface area contributed by atoms with Crippen molar-refractivity contribution in [2.45, 2.75) is 6.42 Å². The molecule has 0 bridgehead atoms. The highest BCUT2D eigenvalue weighted by Gasteiger charge is 2.10. The van der Waals surface area contributed by atoms with Gasteiger partial charge in [0.1, 0.15) is 5.82 Å². The maximum absolute atomic E-state index is 12.2. The first kappa shape index (κ1) is 14.2. The largest absolute Gasteiger partial charge is 0.385 e. The molecule has 0 aliphatic heterocycles. The molecule has 0 aliphatic carbocycles. The quantitative estimate of drug-likeness (QED) is 0.496. The van der Waals surface area contributed by atoms with E-state index in [1.54, 1.807) is 0 Å². The molecule has 0 spiro atoms. The van der Waals surface area contributed by atoms with Gasteiger partial charge in [-0.05, 0) is 11.6 Å². The summed E-state index contributed by atoms with van der Waals surface area (Å²) in [4.78, 5) is 18.3. The van der Waals surface area contributed by atoms with Crippen molar-refractivity contribution in [3.05, 3.63) is 60.3 Å². The van der Waals surface area contributed by atoms with E-state index in [-0.39, 0.29) is 12.3 Å². The number of aromatic nitrogens is 2. The zero-order valence-electron chi connectivity index (χ0n) is 12.8. The van der Waals surface area contributed by atoms with Crippen molar-refractivity contribution < 1.29 is 4.79 Å². The van der Waals surface area contributed by atoms with E-state index in [1.807, 2.05) is 54.7 Å². The standard InChI is InChI=1S/C18H15N5O/c19-17-13-6-1-2-7-14(13)18(21-17)23-22-16(24)9-11-10-20-15-8-4-3-5-12(11)15/h1-8,10,20-21H,9,19H2. The maximum atomic E-state index is 12.2. The van der Waals surface area contributed by atoms with Gasteiger partial charge in [0, 0.05) is 27.9 Å². The van der Waals surface area contributed by atoms with Gasteiger partial charge in [0.25, 0.3) is 5.91 Å². The number of nitrogens with one attached hydrogen (secondary N) is 2. The molecule has 2 heterocycles. The first-order chi connectivity index (χ1) is 11.7. The molecule has 1 amide bonds. The zero-order chi connectivity index (χ0) is 16.5. The van der Waals surface area contributed by atoms with E-state index in [0.717, 1.165) is 27.2 Å². The highest BCUT2D eigenvalue weighted by molar-refractivity contribution is 5.99. The number of anilines is 1. The second-order valence-electron chi connectivity index (χ2n) is 5.56. The Bertz CT molecular complexity index is 1070. The second-order valence-corrected chi connectivity index (χ2v) is 5.56. The van der Waals surface area contributed by atoms with Crippen molar-refractivity contribution in [3.63, 3.8) is 0 Å². The van der Waals surface area contributed by atoms with E-state index in [9.17, 15) is 4.79 Å². The van der Waals surface area contributed by atoms with Crippen LogP contribution in [-0.2, 0) is 11.2 Å². The first-order valence-electron chi connectivity index (χ1n) is 7.58. The Balaban J connectivity index is 1.58. The third-order valence-corrected chi connectivity index (χ3v) is 4.00. The van der Waals surface area contributed by atoms with Crippen LogP contribution in [0.25, 0.3) is 21.7 Å². The van der Waals surface area contributed by atoms with Crippen LogP contribution in [0.15, 0.2) is 65.0 Å². The summed E-state index contributed by atoms with van der Waals surface area (Å²) >= 11 is 0. The van der Waals surface area contributed by atoms with Gasteiger partial charge in [-0.15, -0.1) is 10.2 Å². The third kappa shape index (κ3) is 2.44. The number of aromatic amines is 2. The summed E-state index contributed by atoms with van der Waals surface area (Å²) < 4.78 is 0. The molecule has 24 heavy (non-hydrogen) atoms. The topological polar surface area (TPSA) is 99.4 Å². The summed E-state index contributed by atoms with van der Waals surface area (Å²) in [6.07, 6.45) is 2.03. The molecule has 0 saturated heterocycles.